The Balaban J connectivity index is 0. The van der Waals surface area contributed by atoms with Crippen LogP contribution in [0.25, 0.3) is 0 Å². The van der Waals surface area contributed by atoms with E-state index in [2.05, 4.69) is 6.92 Å². The van der Waals surface area contributed by atoms with Crippen molar-refractivity contribution in [2.45, 2.75) is 85.0 Å². The lowest BCUT2D eigenvalue weighted by Gasteiger charge is -2.28. The maximum Gasteiger partial charge on any atom is 0.321 e. The number of carboxylic acid groups (broad SMARTS) is 2. The Morgan fingerprint density at radius 1 is 0.818 bits per heavy atom. The van der Waals surface area contributed by atoms with Crippen molar-refractivity contribution in [2.24, 2.45) is 11.3 Å². The van der Waals surface area contributed by atoms with Crippen LogP contribution in [0, 0.1) is 11.3 Å². The van der Waals surface area contributed by atoms with Crippen LogP contribution in [0.2, 0.25) is 0 Å². The first-order valence-electron chi connectivity index (χ1n) is 8.36. The van der Waals surface area contributed by atoms with Crippen LogP contribution in [0.5, 0.6) is 0 Å². The lowest BCUT2D eigenvalue weighted by atomic mass is 9.73. The average molecular weight is 327 g/mol. The Kier molecular flexibility index (Phi) is 14.4. The fraction of sp³-hybridized carbons (Fsp3) is 0.882. The molecular weight excluding hydrogens is 292 g/mol. The molecule has 5 heteroatoms. The van der Waals surface area contributed by atoms with Gasteiger partial charge in [-0.2, -0.15) is 0 Å². The normalized spacial score (nSPS) is 11.3. The molecule has 0 aromatic heterocycles. The molecule has 0 spiro atoms. The molecule has 0 radical (unpaired) electrons. The Morgan fingerprint density at radius 2 is 1.18 bits per heavy atom. The van der Waals surface area contributed by atoms with Gasteiger partial charge in [0, 0.05) is 0 Å². The minimum absolute atomic E-state index is 0. The van der Waals surface area contributed by atoms with Crippen molar-refractivity contribution < 1.29 is 19.8 Å². The average Bonchev–Trinajstić information content (AvgIpc) is 2.39. The molecule has 0 amide bonds. The molecule has 0 fully saturated rings. The molecule has 128 valence electrons. The first kappa shape index (κ1) is 24.0. The van der Waals surface area contributed by atoms with Gasteiger partial charge in [0.2, 0.25) is 0 Å². The topological polar surface area (TPSA) is 74.6 Å². The zero-order valence-corrected chi connectivity index (χ0v) is 13.9. The maximum absolute atomic E-state index is 11.4. The lowest BCUT2D eigenvalue weighted by Crippen LogP contribution is -2.43. The Bertz CT molecular complexity index is 302. The highest BCUT2D eigenvalue weighted by atomic mass is 24.3. The molecule has 0 atom stereocenters. The number of rotatable bonds is 13. The predicted molar refractivity (Wildman–Crippen MR) is 92.9 cm³/mol. The Morgan fingerprint density at radius 3 is 1.50 bits per heavy atom. The quantitative estimate of drug-likeness (QED) is 0.307. The van der Waals surface area contributed by atoms with E-state index in [9.17, 15) is 19.8 Å². The summed E-state index contributed by atoms with van der Waals surface area (Å²) in [4.78, 5) is 22.8. The molecule has 0 saturated heterocycles. The van der Waals surface area contributed by atoms with E-state index in [1.165, 1.54) is 38.5 Å². The second-order valence-corrected chi connectivity index (χ2v) is 6.31. The van der Waals surface area contributed by atoms with Gasteiger partial charge in [-0.3, -0.25) is 9.59 Å². The zero-order chi connectivity index (χ0) is 16.3. The summed E-state index contributed by atoms with van der Waals surface area (Å²) in [7, 11) is 0. The molecule has 0 saturated carbocycles. The van der Waals surface area contributed by atoms with Crippen molar-refractivity contribution >= 4 is 35.0 Å². The summed E-state index contributed by atoms with van der Waals surface area (Å²) in [6.45, 7) is 5.55. The summed E-state index contributed by atoms with van der Waals surface area (Å²) in [6, 6.07) is 0. The summed E-state index contributed by atoms with van der Waals surface area (Å²) in [5.41, 5.74) is -1.62. The first-order valence-corrected chi connectivity index (χ1v) is 8.36. The third kappa shape index (κ3) is 7.81. The van der Waals surface area contributed by atoms with Gasteiger partial charge < -0.3 is 10.2 Å². The van der Waals surface area contributed by atoms with Gasteiger partial charge in [-0.25, -0.2) is 0 Å². The second-order valence-electron chi connectivity index (χ2n) is 6.31. The van der Waals surface area contributed by atoms with Crippen LogP contribution in [0.1, 0.15) is 85.0 Å². The van der Waals surface area contributed by atoms with Gasteiger partial charge in [0.15, 0.2) is 5.41 Å². The standard InChI is InChI=1S/C17H32O4.Mg.2H/c1-4-5-6-7-8-9-10-11-12-13-17(14(2)3,15(18)19)16(20)21;;;/h14H,4-13H2,1-3H3,(H,18,19)(H,20,21);;;. The first-order chi connectivity index (χ1) is 9.89. The van der Waals surface area contributed by atoms with Crippen LogP contribution in [0.15, 0.2) is 0 Å². The molecule has 0 aromatic rings. The fourth-order valence-electron chi connectivity index (χ4n) is 2.80. The smallest absolute Gasteiger partial charge is 0.321 e. The largest absolute Gasteiger partial charge is 0.480 e. The van der Waals surface area contributed by atoms with Crippen LogP contribution in [-0.2, 0) is 9.59 Å². The fourth-order valence-corrected chi connectivity index (χ4v) is 2.80. The van der Waals surface area contributed by atoms with E-state index in [1.807, 2.05) is 0 Å². The van der Waals surface area contributed by atoms with E-state index in [1.54, 1.807) is 13.8 Å². The number of aliphatic carboxylic acids is 2. The number of carboxylic acids is 2. The van der Waals surface area contributed by atoms with Crippen molar-refractivity contribution in [3.05, 3.63) is 0 Å². The van der Waals surface area contributed by atoms with E-state index in [0.29, 0.717) is 6.42 Å². The number of hydrogen-bond acceptors (Lipinski definition) is 2. The highest BCUT2D eigenvalue weighted by Crippen LogP contribution is 2.34. The van der Waals surface area contributed by atoms with E-state index >= 15 is 0 Å². The van der Waals surface area contributed by atoms with Gasteiger partial charge in [-0.15, -0.1) is 0 Å². The molecule has 0 rings (SSSR count). The van der Waals surface area contributed by atoms with E-state index < -0.39 is 23.3 Å². The molecule has 0 bridgehead atoms. The van der Waals surface area contributed by atoms with Crippen molar-refractivity contribution in [3.8, 4) is 0 Å². The van der Waals surface area contributed by atoms with Gasteiger partial charge in [0.25, 0.3) is 0 Å². The molecule has 2 N–H and O–H groups in total. The summed E-state index contributed by atoms with van der Waals surface area (Å²) in [5.74, 6) is -2.81. The predicted octanol–water partition coefficient (Wildman–Crippen LogP) is 3.80. The summed E-state index contributed by atoms with van der Waals surface area (Å²) >= 11 is 0. The van der Waals surface area contributed by atoms with E-state index in [0.717, 1.165) is 12.8 Å². The van der Waals surface area contributed by atoms with Gasteiger partial charge >= 0.3 is 35.0 Å². The molecule has 0 heterocycles. The summed E-state index contributed by atoms with van der Waals surface area (Å²) in [5, 5.41) is 18.6. The van der Waals surface area contributed by atoms with E-state index in [4.69, 9.17) is 0 Å². The molecule has 0 aliphatic heterocycles. The minimum atomic E-state index is -1.62. The van der Waals surface area contributed by atoms with Crippen molar-refractivity contribution in [1.29, 1.82) is 0 Å². The van der Waals surface area contributed by atoms with E-state index in [-0.39, 0.29) is 29.5 Å². The van der Waals surface area contributed by atoms with Crippen LogP contribution < -0.4 is 0 Å². The summed E-state index contributed by atoms with van der Waals surface area (Å²) in [6.07, 6.45) is 10.4. The van der Waals surface area contributed by atoms with Crippen LogP contribution in [-0.4, -0.2) is 45.2 Å². The number of hydrogen-bond donors (Lipinski definition) is 2. The molecule has 0 unspecified atom stereocenters. The van der Waals surface area contributed by atoms with Crippen LogP contribution in [0.3, 0.4) is 0 Å². The molecule has 0 aromatic carbocycles. The zero-order valence-electron chi connectivity index (χ0n) is 13.9. The monoisotopic (exact) mass is 326 g/mol. The van der Waals surface area contributed by atoms with Gasteiger partial charge in [0.1, 0.15) is 0 Å². The van der Waals surface area contributed by atoms with Crippen molar-refractivity contribution in [3.63, 3.8) is 0 Å². The van der Waals surface area contributed by atoms with Gasteiger partial charge in [-0.05, 0) is 12.3 Å². The highest BCUT2D eigenvalue weighted by molar-refractivity contribution is 5.98. The number of unbranched alkanes of at least 4 members (excludes halogenated alkanes) is 8. The Hall–Kier alpha value is -0.294. The van der Waals surface area contributed by atoms with Crippen LogP contribution >= 0.6 is 0 Å². The third-order valence-electron chi connectivity index (χ3n) is 4.42. The molecule has 4 nitrogen and oxygen atoms in total. The summed E-state index contributed by atoms with van der Waals surface area (Å²) < 4.78 is 0. The molecule has 22 heavy (non-hydrogen) atoms. The lowest BCUT2D eigenvalue weighted by molar-refractivity contribution is -0.169. The van der Waals surface area contributed by atoms with Crippen molar-refractivity contribution in [2.75, 3.05) is 0 Å². The third-order valence-corrected chi connectivity index (χ3v) is 4.42. The van der Waals surface area contributed by atoms with Gasteiger partial charge in [0.05, 0.1) is 0 Å². The SMILES string of the molecule is CCCCCCCCCCCC(C(=O)O)(C(=O)O)C(C)C.[MgH2]. The second kappa shape index (κ2) is 13.2. The molecular formula is C17H34MgO4. The number of carbonyl (C=O) groups is 2. The maximum atomic E-state index is 11.4. The Labute approximate surface area is 151 Å². The minimum Gasteiger partial charge on any atom is -0.480 e. The van der Waals surface area contributed by atoms with Crippen molar-refractivity contribution in [1.82, 2.24) is 0 Å². The highest BCUT2D eigenvalue weighted by Gasteiger charge is 2.48. The van der Waals surface area contributed by atoms with Gasteiger partial charge in [-0.1, -0.05) is 78.6 Å². The molecule has 0 aliphatic carbocycles. The van der Waals surface area contributed by atoms with Crippen LogP contribution in [0.4, 0.5) is 0 Å². The molecule has 0 aliphatic rings.